The first kappa shape index (κ1) is 20.8. The molecule has 1 aliphatic heterocycles. The van der Waals surface area contributed by atoms with E-state index in [-0.39, 0.29) is 5.91 Å². The number of nitrogens with one attached hydrogen (secondary N) is 1. The summed E-state index contributed by atoms with van der Waals surface area (Å²) >= 11 is 14.4. The number of fused-ring (bicyclic) bond motifs is 1. The van der Waals surface area contributed by atoms with Gasteiger partial charge in [-0.25, -0.2) is 9.69 Å². The maximum atomic E-state index is 13.2. The molecule has 0 spiro atoms. The molecule has 8 heteroatoms. The zero-order chi connectivity index (χ0) is 21.4. The number of halogens is 2. The van der Waals surface area contributed by atoms with Gasteiger partial charge in [0, 0.05) is 28.6 Å². The highest BCUT2D eigenvalue weighted by Crippen LogP contribution is 2.38. The number of hydrazine groups is 1. The second-order valence-electron chi connectivity index (χ2n) is 7.86. The molecule has 2 aliphatic rings. The summed E-state index contributed by atoms with van der Waals surface area (Å²) in [6.45, 7) is 1.75. The Balaban J connectivity index is 1.64. The van der Waals surface area contributed by atoms with Gasteiger partial charge in [0.15, 0.2) is 5.69 Å². The van der Waals surface area contributed by atoms with Crippen molar-refractivity contribution >= 4 is 52.1 Å². The maximum Gasteiger partial charge on any atom is 0.286 e. The third-order valence-corrected chi connectivity index (χ3v) is 7.10. The van der Waals surface area contributed by atoms with Crippen LogP contribution in [0.4, 0.5) is 0 Å². The van der Waals surface area contributed by atoms with E-state index in [1.54, 1.807) is 23.5 Å². The van der Waals surface area contributed by atoms with E-state index in [0.717, 1.165) is 62.1 Å². The summed E-state index contributed by atoms with van der Waals surface area (Å²) < 4.78 is 1.82. The van der Waals surface area contributed by atoms with E-state index in [2.05, 4.69) is 22.9 Å². The van der Waals surface area contributed by atoms with E-state index in [0.29, 0.717) is 15.7 Å². The summed E-state index contributed by atoms with van der Waals surface area (Å²) in [5.74, 6) is -0.153. The number of nitrogens with zero attached hydrogens (tertiary/aromatic N) is 3. The maximum absolute atomic E-state index is 13.2. The Morgan fingerprint density at radius 3 is 2.71 bits per heavy atom. The van der Waals surface area contributed by atoms with E-state index < -0.39 is 0 Å². The second kappa shape index (κ2) is 8.79. The number of hydrogen-bond acceptors (Lipinski definition) is 4. The minimum absolute atomic E-state index is 0.153. The minimum Gasteiger partial charge on any atom is -0.283 e. The Bertz CT molecular complexity index is 1150. The Morgan fingerprint density at radius 2 is 1.97 bits per heavy atom. The summed E-state index contributed by atoms with van der Waals surface area (Å²) in [6, 6.07) is 9.51. The standard InChI is InChI=1S/C23H22Cl2N4OS/c24-16-8-9-20(19(25)14-16)29-22-15(13-17-6-4-12-31-17)5-3-7-18(22)21(26-29)23(30)27-28-10-1-2-11-28/h4,6,8-9,12-14H,1-3,5,7,10-11H2,(H,27,30)/b15-13+. The van der Waals surface area contributed by atoms with Crippen LogP contribution in [-0.4, -0.2) is 33.8 Å². The van der Waals surface area contributed by atoms with Crippen LogP contribution in [0.25, 0.3) is 17.3 Å². The van der Waals surface area contributed by atoms with Crippen LogP contribution in [0.3, 0.4) is 0 Å². The third-order valence-electron chi connectivity index (χ3n) is 5.74. The molecule has 160 valence electrons. The number of aromatic nitrogens is 2. The van der Waals surface area contributed by atoms with Gasteiger partial charge in [-0.2, -0.15) is 5.10 Å². The molecule has 0 unspecified atom stereocenters. The molecule has 1 N–H and O–H groups in total. The lowest BCUT2D eigenvalue weighted by Gasteiger charge is -2.19. The topological polar surface area (TPSA) is 50.2 Å². The summed E-state index contributed by atoms with van der Waals surface area (Å²) in [7, 11) is 0. The molecule has 31 heavy (non-hydrogen) atoms. The molecule has 0 bridgehead atoms. The van der Waals surface area contributed by atoms with Gasteiger partial charge in [0.25, 0.3) is 5.91 Å². The van der Waals surface area contributed by atoms with Crippen LogP contribution in [0, 0.1) is 0 Å². The van der Waals surface area contributed by atoms with Crippen molar-refractivity contribution in [2.24, 2.45) is 0 Å². The number of hydrogen-bond donors (Lipinski definition) is 1. The van der Waals surface area contributed by atoms with Gasteiger partial charge in [0.05, 0.1) is 16.4 Å². The smallest absolute Gasteiger partial charge is 0.283 e. The molecule has 0 atom stereocenters. The molecule has 1 aliphatic carbocycles. The van der Waals surface area contributed by atoms with Gasteiger partial charge in [-0.05, 0) is 73.4 Å². The van der Waals surface area contributed by atoms with Crippen LogP contribution in [0.15, 0.2) is 35.7 Å². The lowest BCUT2D eigenvalue weighted by Crippen LogP contribution is -2.40. The van der Waals surface area contributed by atoms with Gasteiger partial charge in [0.2, 0.25) is 0 Å². The molecule has 3 heterocycles. The van der Waals surface area contributed by atoms with Crippen molar-refractivity contribution in [1.29, 1.82) is 0 Å². The van der Waals surface area contributed by atoms with Crippen molar-refractivity contribution in [3.63, 3.8) is 0 Å². The number of carbonyl (C=O) groups excluding carboxylic acids is 1. The summed E-state index contributed by atoms with van der Waals surface area (Å²) in [5.41, 5.74) is 7.36. The highest BCUT2D eigenvalue weighted by atomic mass is 35.5. The van der Waals surface area contributed by atoms with Crippen molar-refractivity contribution in [3.05, 3.63) is 67.6 Å². The van der Waals surface area contributed by atoms with Gasteiger partial charge in [-0.15, -0.1) is 11.3 Å². The number of carbonyl (C=O) groups is 1. The van der Waals surface area contributed by atoms with E-state index >= 15 is 0 Å². The molecule has 1 amide bonds. The SMILES string of the molecule is O=C(NN1CCCC1)c1nn(-c2ccc(Cl)cc2Cl)c2c1CCC/C2=C\c1cccs1. The van der Waals surface area contributed by atoms with Crippen LogP contribution in [0.5, 0.6) is 0 Å². The molecule has 1 aromatic carbocycles. The van der Waals surface area contributed by atoms with Gasteiger partial charge in [-0.1, -0.05) is 29.3 Å². The first-order valence-corrected chi connectivity index (χ1v) is 12.1. The quantitative estimate of drug-likeness (QED) is 0.517. The average molecular weight is 473 g/mol. The molecular formula is C23H22Cl2N4OS. The summed E-state index contributed by atoms with van der Waals surface area (Å²) in [5, 5.41) is 9.91. The van der Waals surface area contributed by atoms with E-state index in [9.17, 15) is 4.79 Å². The molecule has 0 saturated carbocycles. The predicted octanol–water partition coefficient (Wildman–Crippen LogP) is 5.86. The number of amides is 1. The van der Waals surface area contributed by atoms with Gasteiger partial charge >= 0.3 is 0 Å². The molecule has 5 rings (SSSR count). The van der Waals surface area contributed by atoms with Crippen molar-refractivity contribution in [1.82, 2.24) is 20.2 Å². The average Bonchev–Trinajstić information content (AvgIpc) is 3.49. The zero-order valence-electron chi connectivity index (χ0n) is 16.9. The van der Waals surface area contributed by atoms with Crippen LogP contribution < -0.4 is 5.43 Å². The van der Waals surface area contributed by atoms with Crippen LogP contribution >= 0.6 is 34.5 Å². The fourth-order valence-electron chi connectivity index (χ4n) is 4.31. The molecular weight excluding hydrogens is 451 g/mol. The fraction of sp³-hybridized carbons (Fsp3) is 0.304. The Morgan fingerprint density at radius 1 is 1.13 bits per heavy atom. The Kier molecular flexibility index (Phi) is 5.89. The highest BCUT2D eigenvalue weighted by Gasteiger charge is 2.30. The molecule has 5 nitrogen and oxygen atoms in total. The van der Waals surface area contributed by atoms with Gasteiger partial charge in [-0.3, -0.25) is 10.2 Å². The van der Waals surface area contributed by atoms with Crippen LogP contribution in [0.1, 0.15) is 52.3 Å². The normalized spacial score (nSPS) is 17.8. The van der Waals surface area contributed by atoms with Crippen molar-refractivity contribution in [3.8, 4) is 5.69 Å². The van der Waals surface area contributed by atoms with Crippen LogP contribution in [-0.2, 0) is 6.42 Å². The first-order chi connectivity index (χ1) is 15.1. The Labute approximate surface area is 195 Å². The molecule has 1 saturated heterocycles. The van der Waals surface area contributed by atoms with Gasteiger partial charge in [0.1, 0.15) is 0 Å². The molecule has 1 fully saturated rings. The van der Waals surface area contributed by atoms with E-state index in [1.807, 2.05) is 21.8 Å². The Hall–Kier alpha value is -2.12. The minimum atomic E-state index is -0.153. The molecule has 0 radical (unpaired) electrons. The van der Waals surface area contributed by atoms with Crippen molar-refractivity contribution in [2.45, 2.75) is 32.1 Å². The fourth-order valence-corrected chi connectivity index (χ4v) is 5.48. The summed E-state index contributed by atoms with van der Waals surface area (Å²) in [6.07, 6.45) is 7.11. The van der Waals surface area contributed by atoms with E-state index in [4.69, 9.17) is 28.3 Å². The number of thiophene rings is 1. The summed E-state index contributed by atoms with van der Waals surface area (Å²) in [4.78, 5) is 14.4. The van der Waals surface area contributed by atoms with E-state index in [1.165, 1.54) is 10.5 Å². The first-order valence-electron chi connectivity index (χ1n) is 10.5. The second-order valence-corrected chi connectivity index (χ2v) is 9.68. The lowest BCUT2D eigenvalue weighted by molar-refractivity contribution is 0.0819. The number of rotatable bonds is 4. The van der Waals surface area contributed by atoms with Crippen molar-refractivity contribution in [2.75, 3.05) is 13.1 Å². The van der Waals surface area contributed by atoms with Gasteiger partial charge < -0.3 is 0 Å². The molecule has 3 aromatic rings. The third kappa shape index (κ3) is 4.17. The zero-order valence-corrected chi connectivity index (χ0v) is 19.2. The monoisotopic (exact) mass is 472 g/mol. The lowest BCUT2D eigenvalue weighted by atomic mass is 9.90. The largest absolute Gasteiger partial charge is 0.286 e. The van der Waals surface area contributed by atoms with Crippen LogP contribution in [0.2, 0.25) is 10.0 Å². The van der Waals surface area contributed by atoms with Crippen molar-refractivity contribution < 1.29 is 4.79 Å². The molecule has 2 aromatic heterocycles. The predicted molar refractivity (Wildman–Crippen MR) is 127 cm³/mol. The number of benzene rings is 1. The highest BCUT2D eigenvalue weighted by molar-refractivity contribution is 7.10. The number of allylic oxidation sites excluding steroid dienone is 1.